The molecule has 2 unspecified atom stereocenters. The molecule has 4 N–H and O–H groups in total. The first kappa shape index (κ1) is 18.6. The normalized spacial score (nSPS) is 13.4. The van der Waals surface area contributed by atoms with E-state index in [0.29, 0.717) is 17.9 Å². The molecule has 2 rings (SSSR count). The first-order chi connectivity index (χ1) is 11.8. The van der Waals surface area contributed by atoms with Crippen LogP contribution in [0.15, 0.2) is 29.2 Å². The van der Waals surface area contributed by atoms with E-state index in [0.717, 1.165) is 6.42 Å². The van der Waals surface area contributed by atoms with E-state index >= 15 is 0 Å². The number of pyridine rings is 1. The van der Waals surface area contributed by atoms with Crippen LogP contribution in [0, 0.1) is 11.8 Å². The second kappa shape index (κ2) is 7.42. The van der Waals surface area contributed by atoms with E-state index in [4.69, 9.17) is 0 Å². The molecule has 25 heavy (non-hydrogen) atoms. The molecule has 2 atom stereocenters. The Labute approximate surface area is 145 Å². The van der Waals surface area contributed by atoms with Gasteiger partial charge in [0.2, 0.25) is 0 Å². The molecule has 0 fully saturated rings. The Hall–Kier alpha value is -2.76. The Bertz CT molecular complexity index is 840. The van der Waals surface area contributed by atoms with Gasteiger partial charge in [0, 0.05) is 17.7 Å². The van der Waals surface area contributed by atoms with Gasteiger partial charge in [-0.25, -0.2) is 0 Å². The number of aromatic nitrogens is 1. The minimum Gasteiger partial charge on any atom is -0.506 e. The number of hydrogen-bond acceptors (Lipinski definition) is 5. The minimum atomic E-state index is -0.648. The van der Waals surface area contributed by atoms with Crippen molar-refractivity contribution < 1.29 is 20.1 Å². The zero-order valence-electron chi connectivity index (χ0n) is 14.5. The van der Waals surface area contributed by atoms with Crippen molar-refractivity contribution in [1.29, 1.82) is 0 Å². The summed E-state index contributed by atoms with van der Waals surface area (Å²) < 4.78 is 0. The van der Waals surface area contributed by atoms with Crippen LogP contribution in [0.2, 0.25) is 0 Å². The van der Waals surface area contributed by atoms with Crippen LogP contribution < -0.4 is 5.56 Å². The number of nitrogens with one attached hydrogen (secondary N) is 1. The molecule has 0 amide bonds. The molecule has 0 bridgehead atoms. The van der Waals surface area contributed by atoms with Gasteiger partial charge in [0.1, 0.15) is 11.3 Å². The van der Waals surface area contributed by atoms with Crippen molar-refractivity contribution >= 4 is 5.78 Å². The molecule has 0 aliphatic heterocycles. The number of carbonyl (C=O) groups excluding carboxylic acids is 1. The van der Waals surface area contributed by atoms with Gasteiger partial charge in [0.05, 0.1) is 0 Å². The lowest BCUT2D eigenvalue weighted by Gasteiger charge is -2.16. The quantitative estimate of drug-likeness (QED) is 0.474. The predicted octanol–water partition coefficient (Wildman–Crippen LogP) is 3.41. The van der Waals surface area contributed by atoms with Crippen molar-refractivity contribution in [1.82, 2.24) is 4.98 Å². The first-order valence-corrected chi connectivity index (χ1v) is 8.27. The highest BCUT2D eigenvalue weighted by molar-refractivity contribution is 6.01. The fraction of sp³-hybridized carbons (Fsp3) is 0.368. The highest BCUT2D eigenvalue weighted by atomic mass is 16.3. The zero-order valence-corrected chi connectivity index (χ0v) is 14.5. The molecule has 1 aromatic heterocycles. The van der Waals surface area contributed by atoms with Crippen LogP contribution in [-0.2, 0) is 0 Å². The Morgan fingerprint density at radius 2 is 1.84 bits per heavy atom. The van der Waals surface area contributed by atoms with Gasteiger partial charge in [0.15, 0.2) is 17.3 Å². The number of hydrogen-bond donors (Lipinski definition) is 4. The number of benzene rings is 1. The summed E-state index contributed by atoms with van der Waals surface area (Å²) in [6, 6.07) is 3.99. The number of phenols is 2. The highest BCUT2D eigenvalue weighted by Gasteiger charge is 2.25. The van der Waals surface area contributed by atoms with Crippen LogP contribution in [0.5, 0.6) is 17.2 Å². The molecule has 6 heteroatoms. The Morgan fingerprint density at radius 1 is 1.16 bits per heavy atom. The molecule has 0 saturated carbocycles. The third-order valence-corrected chi connectivity index (χ3v) is 4.50. The van der Waals surface area contributed by atoms with Gasteiger partial charge in [-0.1, -0.05) is 33.3 Å². The molecule has 0 radical (unpaired) electrons. The highest BCUT2D eigenvalue weighted by Crippen LogP contribution is 2.36. The molecule has 0 aliphatic carbocycles. The lowest BCUT2D eigenvalue weighted by atomic mass is 9.88. The summed E-state index contributed by atoms with van der Waals surface area (Å²) in [5.74, 6) is -1.56. The number of aromatic amines is 1. The maximum atomic E-state index is 12.7. The summed E-state index contributed by atoms with van der Waals surface area (Å²) in [4.78, 5) is 27.3. The van der Waals surface area contributed by atoms with Crippen LogP contribution in [0.3, 0.4) is 0 Å². The number of carbonyl (C=O) groups is 1. The molecular weight excluding hydrogens is 322 g/mol. The molecule has 1 heterocycles. The lowest BCUT2D eigenvalue weighted by molar-refractivity contribution is 0.0909. The predicted molar refractivity (Wildman–Crippen MR) is 95.1 cm³/mol. The summed E-state index contributed by atoms with van der Waals surface area (Å²) in [7, 11) is 0. The van der Waals surface area contributed by atoms with Gasteiger partial charge in [-0.15, -0.1) is 0 Å². The number of phenolic OH excluding ortho intramolecular Hbond substituents is 2. The summed E-state index contributed by atoms with van der Waals surface area (Å²) in [5.41, 5.74) is -0.354. The SMILES string of the molecule is CCC(C)CC(C)C(=O)c1c(O)c(-c2ccc(O)c(O)c2)c[nH]c1=O. The van der Waals surface area contributed by atoms with E-state index in [1.807, 2.05) is 13.8 Å². The third-order valence-electron chi connectivity index (χ3n) is 4.50. The van der Waals surface area contributed by atoms with E-state index in [2.05, 4.69) is 4.98 Å². The Kier molecular flexibility index (Phi) is 5.51. The molecule has 0 aliphatic rings. The van der Waals surface area contributed by atoms with Gasteiger partial charge in [-0.3, -0.25) is 9.59 Å². The monoisotopic (exact) mass is 345 g/mol. The Balaban J connectivity index is 2.48. The summed E-state index contributed by atoms with van der Waals surface area (Å²) in [5, 5.41) is 29.5. The van der Waals surface area contributed by atoms with E-state index in [1.54, 1.807) is 6.92 Å². The van der Waals surface area contributed by atoms with Crippen molar-refractivity contribution in [3.63, 3.8) is 0 Å². The first-order valence-electron chi connectivity index (χ1n) is 8.27. The van der Waals surface area contributed by atoms with E-state index in [1.165, 1.54) is 24.4 Å². The summed E-state index contributed by atoms with van der Waals surface area (Å²) in [6.45, 7) is 5.81. The standard InChI is InChI=1S/C19H23NO5/c1-4-10(2)7-11(3)17(23)16-18(24)13(9-20-19(16)25)12-5-6-14(21)15(22)8-12/h5-6,8-11,21-22H,4,7H2,1-3H3,(H2,20,24,25). The smallest absolute Gasteiger partial charge is 0.262 e. The zero-order chi connectivity index (χ0) is 18.7. The van der Waals surface area contributed by atoms with Gasteiger partial charge < -0.3 is 20.3 Å². The topological polar surface area (TPSA) is 111 Å². The van der Waals surface area contributed by atoms with Crippen LogP contribution in [0.25, 0.3) is 11.1 Å². The second-order valence-corrected chi connectivity index (χ2v) is 6.47. The maximum absolute atomic E-state index is 12.7. The van der Waals surface area contributed by atoms with Crippen LogP contribution in [-0.4, -0.2) is 26.1 Å². The summed E-state index contributed by atoms with van der Waals surface area (Å²) >= 11 is 0. The molecule has 1 aromatic carbocycles. The van der Waals surface area contributed by atoms with Crippen molar-refractivity contribution in [3.05, 3.63) is 40.3 Å². The number of ketones is 1. The average molecular weight is 345 g/mol. The van der Waals surface area contributed by atoms with Crippen molar-refractivity contribution in [3.8, 4) is 28.4 Å². The number of Topliss-reactive ketones (excluding diaryl/α,β-unsaturated/α-hetero) is 1. The minimum absolute atomic E-state index is 0.203. The van der Waals surface area contributed by atoms with Gasteiger partial charge in [-0.2, -0.15) is 0 Å². The fourth-order valence-electron chi connectivity index (χ4n) is 2.78. The molecule has 0 spiro atoms. The maximum Gasteiger partial charge on any atom is 0.262 e. The fourth-order valence-corrected chi connectivity index (χ4v) is 2.78. The summed E-state index contributed by atoms with van der Waals surface area (Å²) in [6.07, 6.45) is 2.82. The van der Waals surface area contributed by atoms with E-state index in [9.17, 15) is 24.9 Å². The number of aromatic hydroxyl groups is 3. The van der Waals surface area contributed by atoms with E-state index < -0.39 is 23.0 Å². The Morgan fingerprint density at radius 3 is 2.44 bits per heavy atom. The second-order valence-electron chi connectivity index (χ2n) is 6.47. The van der Waals surface area contributed by atoms with Crippen molar-refractivity contribution in [2.75, 3.05) is 0 Å². The largest absolute Gasteiger partial charge is 0.506 e. The molecule has 0 saturated heterocycles. The number of rotatable bonds is 6. The molecule has 2 aromatic rings. The van der Waals surface area contributed by atoms with Crippen LogP contribution in [0.4, 0.5) is 0 Å². The molecule has 6 nitrogen and oxygen atoms in total. The molecular formula is C19H23NO5. The average Bonchev–Trinajstić information content (AvgIpc) is 2.57. The number of H-pyrrole nitrogens is 1. The lowest BCUT2D eigenvalue weighted by Crippen LogP contribution is -2.23. The molecule has 134 valence electrons. The third kappa shape index (κ3) is 3.84. The van der Waals surface area contributed by atoms with Crippen molar-refractivity contribution in [2.45, 2.75) is 33.6 Å². The van der Waals surface area contributed by atoms with Gasteiger partial charge in [-0.05, 0) is 30.0 Å². The van der Waals surface area contributed by atoms with E-state index in [-0.39, 0.29) is 22.6 Å². The van der Waals surface area contributed by atoms with Crippen LogP contribution >= 0.6 is 0 Å². The van der Waals surface area contributed by atoms with Gasteiger partial charge in [0.25, 0.3) is 5.56 Å². The van der Waals surface area contributed by atoms with Crippen molar-refractivity contribution in [2.24, 2.45) is 11.8 Å². The van der Waals surface area contributed by atoms with Crippen LogP contribution in [0.1, 0.15) is 44.0 Å². The van der Waals surface area contributed by atoms with Gasteiger partial charge >= 0.3 is 0 Å².